The first-order valence-corrected chi connectivity index (χ1v) is 9.42. The number of aromatic nitrogens is 4. The van der Waals surface area contributed by atoms with Gasteiger partial charge in [-0.2, -0.15) is 0 Å². The molecule has 1 aliphatic rings. The van der Waals surface area contributed by atoms with Crippen LogP contribution in [0.2, 0.25) is 0 Å². The Hall–Kier alpha value is -3.35. The molecule has 0 bridgehead atoms. The molecule has 1 unspecified atom stereocenters. The summed E-state index contributed by atoms with van der Waals surface area (Å²) in [5, 5.41) is 11.6. The predicted octanol–water partition coefficient (Wildman–Crippen LogP) is 3.10. The molecule has 0 radical (unpaired) electrons. The Kier molecular flexibility index (Phi) is 5.23. The molecule has 0 aliphatic carbocycles. The minimum Gasteiger partial charge on any atom is -0.354 e. The van der Waals surface area contributed by atoms with Crippen molar-refractivity contribution in [1.29, 1.82) is 0 Å². The second-order valence-electron chi connectivity index (χ2n) is 6.96. The van der Waals surface area contributed by atoms with Crippen LogP contribution in [-0.4, -0.2) is 39.2 Å². The number of amides is 1. The van der Waals surface area contributed by atoms with Gasteiger partial charge in [0.25, 0.3) is 0 Å². The maximum atomic E-state index is 12.7. The van der Waals surface area contributed by atoms with E-state index in [-0.39, 0.29) is 11.8 Å². The third-order valence-corrected chi connectivity index (χ3v) is 4.86. The highest BCUT2D eigenvalue weighted by atomic mass is 16.2. The molecule has 1 atom stereocenters. The average molecular weight is 374 g/mol. The van der Waals surface area contributed by atoms with Gasteiger partial charge in [0, 0.05) is 36.7 Å². The smallest absolute Gasteiger partial charge is 0.230 e. The van der Waals surface area contributed by atoms with Crippen molar-refractivity contribution in [3.63, 3.8) is 0 Å². The summed E-state index contributed by atoms with van der Waals surface area (Å²) >= 11 is 0. The van der Waals surface area contributed by atoms with Crippen LogP contribution < -0.4 is 10.2 Å². The van der Waals surface area contributed by atoms with Crippen LogP contribution in [0.4, 0.5) is 11.6 Å². The van der Waals surface area contributed by atoms with E-state index in [1.807, 2.05) is 49.4 Å². The number of carbonyl (C=O) groups is 1. The number of nitrogens with one attached hydrogen (secondary N) is 1. The fraction of sp³-hybridized carbons (Fsp3) is 0.286. The Labute approximate surface area is 163 Å². The minimum atomic E-state index is -0.101. The molecule has 1 aliphatic heterocycles. The van der Waals surface area contributed by atoms with Crippen LogP contribution in [0, 0.1) is 12.8 Å². The van der Waals surface area contributed by atoms with Gasteiger partial charge in [0.2, 0.25) is 5.91 Å². The molecule has 28 heavy (non-hydrogen) atoms. The van der Waals surface area contributed by atoms with Gasteiger partial charge in [0.05, 0.1) is 11.6 Å². The number of aryl methyl sites for hydroxylation is 1. The van der Waals surface area contributed by atoms with Crippen molar-refractivity contribution in [2.75, 3.05) is 23.3 Å². The maximum absolute atomic E-state index is 12.7. The highest BCUT2D eigenvalue weighted by Crippen LogP contribution is 2.24. The summed E-state index contributed by atoms with van der Waals surface area (Å²) < 4.78 is 0. The fourth-order valence-electron chi connectivity index (χ4n) is 3.40. The zero-order valence-corrected chi connectivity index (χ0v) is 15.7. The number of carbonyl (C=O) groups excluding carboxylic acids is 1. The number of hydrogen-bond acceptors (Lipinski definition) is 6. The lowest BCUT2D eigenvalue weighted by Gasteiger charge is -2.32. The second kappa shape index (κ2) is 8.12. The molecule has 4 rings (SSSR count). The predicted molar refractivity (Wildman–Crippen MR) is 108 cm³/mol. The summed E-state index contributed by atoms with van der Waals surface area (Å²) in [5.74, 6) is 1.29. The van der Waals surface area contributed by atoms with Gasteiger partial charge in [-0.3, -0.25) is 9.78 Å². The van der Waals surface area contributed by atoms with Gasteiger partial charge in [-0.25, -0.2) is 4.98 Å². The van der Waals surface area contributed by atoms with Crippen LogP contribution >= 0.6 is 0 Å². The van der Waals surface area contributed by atoms with Gasteiger partial charge in [-0.05, 0) is 56.2 Å². The molecule has 3 aromatic rings. The van der Waals surface area contributed by atoms with Crippen molar-refractivity contribution in [3.8, 4) is 11.3 Å². The summed E-state index contributed by atoms with van der Waals surface area (Å²) in [6.07, 6.45) is 5.29. The topological polar surface area (TPSA) is 83.9 Å². The summed E-state index contributed by atoms with van der Waals surface area (Å²) in [6, 6.07) is 13.3. The standard InChI is InChI=1S/C21H22N6O/c1-15-5-2-8-19(23-15)24-21(28)17-7-4-12-27(14-17)20-10-9-18(25-26-20)16-6-3-11-22-13-16/h2-3,5-6,8-11,13,17H,4,7,12,14H2,1H3,(H,23,24,28). The quantitative estimate of drug-likeness (QED) is 0.755. The highest BCUT2D eigenvalue weighted by molar-refractivity contribution is 5.92. The van der Waals surface area contributed by atoms with Crippen LogP contribution in [0.1, 0.15) is 18.5 Å². The number of anilines is 2. The van der Waals surface area contributed by atoms with E-state index in [0.717, 1.165) is 42.2 Å². The number of nitrogens with zero attached hydrogens (tertiary/aromatic N) is 5. The van der Waals surface area contributed by atoms with E-state index in [2.05, 4.69) is 30.4 Å². The average Bonchev–Trinajstić information content (AvgIpc) is 2.75. The molecule has 0 saturated carbocycles. The zero-order chi connectivity index (χ0) is 19.3. The number of rotatable bonds is 4. The number of piperidine rings is 1. The largest absolute Gasteiger partial charge is 0.354 e. The van der Waals surface area contributed by atoms with E-state index in [1.165, 1.54) is 0 Å². The first-order chi connectivity index (χ1) is 13.7. The summed E-state index contributed by atoms with van der Waals surface area (Å²) in [5.41, 5.74) is 2.60. The monoisotopic (exact) mass is 374 g/mol. The van der Waals surface area contributed by atoms with Crippen LogP contribution in [0.25, 0.3) is 11.3 Å². The fourth-order valence-corrected chi connectivity index (χ4v) is 3.40. The van der Waals surface area contributed by atoms with Crippen molar-refractivity contribution < 1.29 is 4.79 Å². The minimum absolute atomic E-state index is 0.00254. The van der Waals surface area contributed by atoms with E-state index >= 15 is 0 Å². The molecule has 142 valence electrons. The lowest BCUT2D eigenvalue weighted by atomic mass is 9.97. The Balaban J connectivity index is 1.42. The second-order valence-corrected chi connectivity index (χ2v) is 6.96. The van der Waals surface area contributed by atoms with E-state index in [1.54, 1.807) is 12.4 Å². The van der Waals surface area contributed by atoms with Gasteiger partial charge in [0.1, 0.15) is 5.82 Å². The Morgan fingerprint density at radius 2 is 2.07 bits per heavy atom. The van der Waals surface area contributed by atoms with E-state index in [9.17, 15) is 4.79 Å². The maximum Gasteiger partial charge on any atom is 0.230 e. The molecule has 1 fully saturated rings. The SMILES string of the molecule is Cc1cccc(NC(=O)C2CCCN(c3ccc(-c4cccnc4)nn3)C2)n1. The van der Waals surface area contributed by atoms with E-state index in [4.69, 9.17) is 0 Å². The van der Waals surface area contributed by atoms with Crippen molar-refractivity contribution in [2.24, 2.45) is 5.92 Å². The molecule has 0 aromatic carbocycles. The van der Waals surface area contributed by atoms with Crippen LogP contribution in [0.5, 0.6) is 0 Å². The molecule has 7 nitrogen and oxygen atoms in total. The van der Waals surface area contributed by atoms with Gasteiger partial charge in [0.15, 0.2) is 5.82 Å². The van der Waals surface area contributed by atoms with Crippen LogP contribution in [-0.2, 0) is 4.79 Å². The van der Waals surface area contributed by atoms with Crippen molar-refractivity contribution in [1.82, 2.24) is 20.2 Å². The van der Waals surface area contributed by atoms with Gasteiger partial charge < -0.3 is 10.2 Å². The first-order valence-electron chi connectivity index (χ1n) is 9.42. The number of hydrogen-bond donors (Lipinski definition) is 1. The summed E-state index contributed by atoms with van der Waals surface area (Å²) in [4.78, 5) is 23.3. The molecule has 4 heterocycles. The van der Waals surface area contributed by atoms with Crippen molar-refractivity contribution in [3.05, 3.63) is 60.6 Å². The van der Waals surface area contributed by atoms with Crippen LogP contribution in [0.3, 0.4) is 0 Å². The van der Waals surface area contributed by atoms with Gasteiger partial charge in [-0.1, -0.05) is 6.07 Å². The molecule has 1 amide bonds. The summed E-state index contributed by atoms with van der Waals surface area (Å²) in [6.45, 7) is 3.40. The molecule has 0 spiro atoms. The van der Waals surface area contributed by atoms with E-state index < -0.39 is 0 Å². The molecule has 3 aromatic heterocycles. The third kappa shape index (κ3) is 4.14. The lowest BCUT2D eigenvalue weighted by Crippen LogP contribution is -2.41. The molecule has 1 N–H and O–H groups in total. The third-order valence-electron chi connectivity index (χ3n) is 4.86. The van der Waals surface area contributed by atoms with Gasteiger partial charge >= 0.3 is 0 Å². The number of pyridine rings is 2. The first kappa shape index (κ1) is 18.0. The highest BCUT2D eigenvalue weighted by Gasteiger charge is 2.27. The normalized spacial score (nSPS) is 16.6. The lowest BCUT2D eigenvalue weighted by molar-refractivity contribution is -0.120. The Morgan fingerprint density at radius 1 is 1.14 bits per heavy atom. The van der Waals surface area contributed by atoms with Crippen LogP contribution in [0.15, 0.2) is 54.9 Å². The van der Waals surface area contributed by atoms with Gasteiger partial charge in [-0.15, -0.1) is 10.2 Å². The Morgan fingerprint density at radius 3 is 2.82 bits per heavy atom. The molecule has 7 heteroatoms. The summed E-state index contributed by atoms with van der Waals surface area (Å²) in [7, 11) is 0. The van der Waals surface area contributed by atoms with E-state index in [0.29, 0.717) is 12.4 Å². The Bertz CT molecular complexity index is 945. The molecular weight excluding hydrogens is 352 g/mol. The molecular formula is C21H22N6O. The van der Waals surface area contributed by atoms with Crippen molar-refractivity contribution >= 4 is 17.5 Å². The van der Waals surface area contributed by atoms with Crippen molar-refractivity contribution in [2.45, 2.75) is 19.8 Å². The zero-order valence-electron chi connectivity index (χ0n) is 15.7. The molecule has 1 saturated heterocycles.